The summed E-state index contributed by atoms with van der Waals surface area (Å²) in [5, 5.41) is 2.54. The van der Waals surface area contributed by atoms with Crippen molar-refractivity contribution in [3.8, 4) is 5.75 Å². The van der Waals surface area contributed by atoms with Crippen LogP contribution in [-0.4, -0.2) is 94.2 Å². The minimum atomic E-state index is -0.916. The molecule has 1 heterocycles. The van der Waals surface area contributed by atoms with Gasteiger partial charge in [-0.15, -0.1) is 11.8 Å². The van der Waals surface area contributed by atoms with E-state index in [2.05, 4.69) is 24.1 Å². The first-order valence-electron chi connectivity index (χ1n) is 15.5. The van der Waals surface area contributed by atoms with Crippen molar-refractivity contribution >= 4 is 40.9 Å². The third-order valence-electron chi connectivity index (χ3n) is 7.48. The maximum atomic E-state index is 13.6. The molecule has 0 bridgehead atoms. The molecule has 0 unspecified atom stereocenters. The number of nitrogens with zero attached hydrogens (tertiary/aromatic N) is 3. The van der Waals surface area contributed by atoms with Gasteiger partial charge in [-0.25, -0.2) is 0 Å². The maximum absolute atomic E-state index is 13.6. The summed E-state index contributed by atoms with van der Waals surface area (Å²) >= 11 is 1.54. The first-order valence-corrected chi connectivity index (χ1v) is 16.3. The van der Waals surface area contributed by atoms with Crippen LogP contribution in [0.3, 0.4) is 0 Å². The smallest absolute Gasteiger partial charge is 0.303 e. The van der Waals surface area contributed by atoms with E-state index in [0.717, 1.165) is 41.5 Å². The lowest BCUT2D eigenvalue weighted by molar-refractivity contribution is -0.152. The molecular formula is C35H47N5O5S. The SMILES string of the molecule is CCN(CC)CCNC(=O)c1ccc(N)cc1.COc1ccc([C@@H]2Sc3ccccc3N(CCN(C)C)C(=O)[C@@H]2OC(C)=O)cc1. The van der Waals surface area contributed by atoms with E-state index in [9.17, 15) is 14.4 Å². The maximum Gasteiger partial charge on any atom is 0.303 e. The van der Waals surface area contributed by atoms with Gasteiger partial charge in [0, 0.05) is 49.2 Å². The molecule has 0 saturated carbocycles. The van der Waals surface area contributed by atoms with E-state index in [1.807, 2.05) is 67.5 Å². The number of anilines is 2. The number of likely N-dealkylation sites (N-methyl/N-ethyl adjacent to an activating group) is 2. The highest BCUT2D eigenvalue weighted by Crippen LogP contribution is 2.46. The lowest BCUT2D eigenvalue weighted by atomic mass is 10.1. The van der Waals surface area contributed by atoms with Gasteiger partial charge in [-0.3, -0.25) is 14.4 Å². The Morgan fingerprint density at radius 1 is 0.957 bits per heavy atom. The fourth-order valence-electron chi connectivity index (χ4n) is 4.84. The second kappa shape index (κ2) is 18.2. The molecule has 0 spiro atoms. The number of rotatable bonds is 12. The standard InChI is InChI=1S/C22H26N2O4S.C13H21N3O/c1-15(25)28-20-21(16-9-11-17(27-4)12-10-16)29-19-8-6-5-7-18(19)24(22(20)26)14-13-23(2)3;1-3-16(4-2)10-9-15-13(17)11-5-7-12(14)8-6-11/h5-12,20-21H,13-14H2,1-4H3;5-8H,3-4,9-10,14H2,1-2H3,(H,15,17)/t20-,21+;/m1./s1. The Labute approximate surface area is 277 Å². The third kappa shape index (κ3) is 10.5. The van der Waals surface area contributed by atoms with Crippen molar-refractivity contribution in [3.63, 3.8) is 0 Å². The zero-order chi connectivity index (χ0) is 33.6. The van der Waals surface area contributed by atoms with Crippen molar-refractivity contribution in [2.45, 2.75) is 37.0 Å². The van der Waals surface area contributed by atoms with E-state index in [0.29, 0.717) is 30.9 Å². The van der Waals surface area contributed by atoms with Gasteiger partial charge in [0.25, 0.3) is 11.8 Å². The summed E-state index contributed by atoms with van der Waals surface area (Å²) in [5.74, 6) is 0.00851. The van der Waals surface area contributed by atoms with Crippen LogP contribution in [0.5, 0.6) is 5.75 Å². The summed E-state index contributed by atoms with van der Waals surface area (Å²) in [5.41, 5.74) is 8.63. The average molecular weight is 650 g/mol. The second-order valence-electron chi connectivity index (χ2n) is 11.0. The number of benzene rings is 3. The molecule has 248 valence electrons. The summed E-state index contributed by atoms with van der Waals surface area (Å²) in [7, 11) is 5.54. The molecule has 0 fully saturated rings. The van der Waals surface area contributed by atoms with E-state index in [4.69, 9.17) is 15.2 Å². The molecule has 2 amide bonds. The molecule has 10 nitrogen and oxygen atoms in total. The Bertz CT molecular complexity index is 1410. The Hall–Kier alpha value is -4.06. The minimum absolute atomic E-state index is 0.0443. The predicted molar refractivity (Wildman–Crippen MR) is 185 cm³/mol. The number of nitrogen functional groups attached to an aromatic ring is 1. The zero-order valence-corrected chi connectivity index (χ0v) is 28.5. The van der Waals surface area contributed by atoms with E-state index < -0.39 is 12.1 Å². The number of hydrogen-bond donors (Lipinski definition) is 2. The number of esters is 1. The average Bonchev–Trinajstić information content (AvgIpc) is 3.16. The normalized spacial score (nSPS) is 15.8. The van der Waals surface area contributed by atoms with Gasteiger partial charge in [0.2, 0.25) is 0 Å². The first-order chi connectivity index (χ1) is 22.1. The van der Waals surface area contributed by atoms with Crippen LogP contribution < -0.4 is 20.7 Å². The van der Waals surface area contributed by atoms with Gasteiger partial charge in [0.05, 0.1) is 18.0 Å². The summed E-state index contributed by atoms with van der Waals surface area (Å²) in [6.07, 6.45) is -0.916. The van der Waals surface area contributed by atoms with Crippen molar-refractivity contribution in [1.29, 1.82) is 0 Å². The molecular weight excluding hydrogens is 602 g/mol. The van der Waals surface area contributed by atoms with E-state index >= 15 is 0 Å². The number of fused-ring (bicyclic) bond motifs is 1. The topological polar surface area (TPSA) is 117 Å². The number of thioether (sulfide) groups is 1. The fourth-order valence-corrected chi connectivity index (χ4v) is 6.16. The van der Waals surface area contributed by atoms with E-state index in [1.165, 1.54) is 6.92 Å². The van der Waals surface area contributed by atoms with Crippen LogP contribution in [0.25, 0.3) is 0 Å². The van der Waals surface area contributed by atoms with Gasteiger partial charge < -0.3 is 35.2 Å². The van der Waals surface area contributed by atoms with Gasteiger partial charge in [0.15, 0.2) is 6.10 Å². The molecule has 11 heteroatoms. The number of para-hydroxylation sites is 1. The quantitative estimate of drug-likeness (QED) is 0.213. The molecule has 3 aromatic carbocycles. The fraction of sp³-hybridized carbons (Fsp3) is 0.400. The molecule has 4 rings (SSSR count). The highest BCUT2D eigenvalue weighted by Gasteiger charge is 2.40. The summed E-state index contributed by atoms with van der Waals surface area (Å²) in [6.45, 7) is 10.4. The van der Waals surface area contributed by atoms with Crippen molar-refractivity contribution in [2.24, 2.45) is 0 Å². The number of hydrogen-bond acceptors (Lipinski definition) is 9. The number of carbonyl (C=O) groups is 3. The number of ether oxygens (including phenoxy) is 2. The highest BCUT2D eigenvalue weighted by molar-refractivity contribution is 7.99. The molecule has 3 aromatic rings. The number of nitrogens with one attached hydrogen (secondary N) is 1. The van der Waals surface area contributed by atoms with Gasteiger partial charge in [-0.2, -0.15) is 0 Å². The Morgan fingerprint density at radius 3 is 2.20 bits per heavy atom. The Morgan fingerprint density at radius 2 is 1.61 bits per heavy atom. The van der Waals surface area contributed by atoms with Gasteiger partial charge in [-0.1, -0.05) is 38.1 Å². The number of carbonyl (C=O) groups excluding carboxylic acids is 3. The molecule has 46 heavy (non-hydrogen) atoms. The molecule has 1 aliphatic heterocycles. The predicted octanol–water partition coefficient (Wildman–Crippen LogP) is 4.71. The largest absolute Gasteiger partial charge is 0.497 e. The third-order valence-corrected chi connectivity index (χ3v) is 8.86. The number of amides is 2. The van der Waals surface area contributed by atoms with Crippen molar-refractivity contribution in [1.82, 2.24) is 15.1 Å². The van der Waals surface area contributed by atoms with Crippen LogP contribution in [0.1, 0.15) is 41.9 Å². The van der Waals surface area contributed by atoms with Gasteiger partial charge in [0.1, 0.15) is 5.75 Å². The number of methoxy groups -OCH3 is 1. The Kier molecular flexibility index (Phi) is 14.4. The minimum Gasteiger partial charge on any atom is -0.497 e. The van der Waals surface area contributed by atoms with Crippen LogP contribution in [0.2, 0.25) is 0 Å². The molecule has 3 N–H and O–H groups in total. The molecule has 0 radical (unpaired) electrons. The first kappa shape index (κ1) is 36.4. The zero-order valence-electron chi connectivity index (χ0n) is 27.7. The Balaban J connectivity index is 0.000000289. The summed E-state index contributed by atoms with van der Waals surface area (Å²) in [4.78, 5) is 44.2. The van der Waals surface area contributed by atoms with Gasteiger partial charge >= 0.3 is 5.97 Å². The van der Waals surface area contributed by atoms with E-state index in [-0.39, 0.29) is 17.1 Å². The van der Waals surface area contributed by atoms with Gasteiger partial charge in [-0.05, 0) is 81.3 Å². The van der Waals surface area contributed by atoms with E-state index in [1.54, 1.807) is 48.0 Å². The molecule has 0 saturated heterocycles. The van der Waals surface area contributed by atoms with Crippen LogP contribution in [0.15, 0.2) is 77.7 Å². The lowest BCUT2D eigenvalue weighted by Gasteiger charge is -2.28. The highest BCUT2D eigenvalue weighted by atomic mass is 32.2. The van der Waals surface area contributed by atoms with Crippen LogP contribution in [0, 0.1) is 0 Å². The molecule has 2 atom stereocenters. The number of nitrogens with two attached hydrogens (primary N) is 1. The van der Waals surface area contributed by atoms with Crippen LogP contribution in [-0.2, 0) is 14.3 Å². The molecule has 0 aromatic heterocycles. The summed E-state index contributed by atoms with van der Waals surface area (Å²) in [6, 6.07) is 22.3. The monoisotopic (exact) mass is 649 g/mol. The van der Waals surface area contributed by atoms with Crippen LogP contribution >= 0.6 is 11.8 Å². The van der Waals surface area contributed by atoms with Crippen molar-refractivity contribution in [2.75, 3.05) is 71.1 Å². The molecule has 0 aliphatic carbocycles. The summed E-state index contributed by atoms with van der Waals surface area (Å²) < 4.78 is 10.8. The lowest BCUT2D eigenvalue weighted by Crippen LogP contribution is -2.45. The molecule has 1 aliphatic rings. The van der Waals surface area contributed by atoms with Crippen molar-refractivity contribution in [3.05, 3.63) is 83.9 Å². The second-order valence-corrected chi connectivity index (χ2v) is 12.2. The van der Waals surface area contributed by atoms with Crippen LogP contribution in [0.4, 0.5) is 11.4 Å². The van der Waals surface area contributed by atoms with Crippen molar-refractivity contribution < 1.29 is 23.9 Å².